The van der Waals surface area contributed by atoms with Crippen LogP contribution in [0.25, 0.3) is 0 Å². The number of carbonyl (C=O) groups is 2. The molecule has 3 aromatic rings. The van der Waals surface area contributed by atoms with E-state index < -0.39 is 17.4 Å². The van der Waals surface area contributed by atoms with Crippen LogP contribution in [0.2, 0.25) is 0 Å². The van der Waals surface area contributed by atoms with Gasteiger partial charge in [-0.1, -0.05) is 78.4 Å². The van der Waals surface area contributed by atoms with Gasteiger partial charge in [-0.15, -0.1) is 0 Å². The molecule has 0 heterocycles. The van der Waals surface area contributed by atoms with Crippen LogP contribution < -0.4 is 5.32 Å². The first-order valence-electron chi connectivity index (χ1n) is 12.1. The molecule has 0 bridgehead atoms. The highest BCUT2D eigenvalue weighted by atomic mass is 19.1. The Hall–Kier alpha value is -3.47. The van der Waals surface area contributed by atoms with Gasteiger partial charge >= 0.3 is 0 Å². The third-order valence-corrected chi connectivity index (χ3v) is 5.82. The van der Waals surface area contributed by atoms with E-state index in [-0.39, 0.29) is 24.8 Å². The topological polar surface area (TPSA) is 49.4 Å². The number of carbonyl (C=O) groups excluding carboxylic acids is 2. The van der Waals surface area contributed by atoms with Gasteiger partial charge < -0.3 is 10.2 Å². The van der Waals surface area contributed by atoms with Crippen LogP contribution in [0.3, 0.4) is 0 Å². The van der Waals surface area contributed by atoms with E-state index in [1.807, 2.05) is 82.3 Å². The number of halogens is 1. The van der Waals surface area contributed by atoms with E-state index in [4.69, 9.17) is 0 Å². The van der Waals surface area contributed by atoms with E-state index in [1.165, 1.54) is 6.07 Å². The van der Waals surface area contributed by atoms with Crippen LogP contribution in [0.5, 0.6) is 0 Å². The summed E-state index contributed by atoms with van der Waals surface area (Å²) in [5.41, 5.74) is 3.06. The number of rotatable bonds is 9. The Labute approximate surface area is 208 Å². The number of hydrogen-bond donors (Lipinski definition) is 1. The van der Waals surface area contributed by atoms with Gasteiger partial charge in [0.25, 0.3) is 0 Å². The van der Waals surface area contributed by atoms with E-state index >= 15 is 0 Å². The number of amides is 2. The van der Waals surface area contributed by atoms with Crippen LogP contribution in [0, 0.1) is 12.7 Å². The van der Waals surface area contributed by atoms with E-state index in [2.05, 4.69) is 5.32 Å². The second kappa shape index (κ2) is 11.8. The molecule has 0 fully saturated rings. The van der Waals surface area contributed by atoms with Crippen LogP contribution in [0.1, 0.15) is 49.4 Å². The van der Waals surface area contributed by atoms with Crippen molar-refractivity contribution in [2.24, 2.45) is 0 Å². The smallest absolute Gasteiger partial charge is 0.243 e. The zero-order chi connectivity index (χ0) is 25.4. The third kappa shape index (κ3) is 8.06. The Morgan fingerprint density at radius 3 is 2.14 bits per heavy atom. The first-order chi connectivity index (χ1) is 16.6. The van der Waals surface area contributed by atoms with Crippen molar-refractivity contribution in [2.75, 3.05) is 0 Å². The molecule has 1 unspecified atom stereocenters. The molecule has 0 aromatic heterocycles. The van der Waals surface area contributed by atoms with Crippen LogP contribution in [-0.4, -0.2) is 28.3 Å². The molecule has 0 saturated heterocycles. The highest BCUT2D eigenvalue weighted by molar-refractivity contribution is 5.88. The number of hydrogen-bond acceptors (Lipinski definition) is 2. The van der Waals surface area contributed by atoms with Crippen molar-refractivity contribution >= 4 is 11.8 Å². The number of nitrogens with zero attached hydrogens (tertiary/aromatic N) is 1. The molecule has 3 aromatic carbocycles. The van der Waals surface area contributed by atoms with Gasteiger partial charge in [0.2, 0.25) is 11.8 Å². The van der Waals surface area contributed by atoms with Crippen LogP contribution >= 0.6 is 0 Å². The van der Waals surface area contributed by atoms with Crippen molar-refractivity contribution in [1.29, 1.82) is 0 Å². The normalized spacial score (nSPS) is 12.1. The molecule has 35 heavy (non-hydrogen) atoms. The Balaban J connectivity index is 1.93. The van der Waals surface area contributed by atoms with Crippen molar-refractivity contribution in [3.05, 3.63) is 107 Å². The maximum Gasteiger partial charge on any atom is 0.243 e. The van der Waals surface area contributed by atoms with Crippen molar-refractivity contribution in [1.82, 2.24) is 10.2 Å². The van der Waals surface area contributed by atoms with Gasteiger partial charge in [-0.25, -0.2) is 4.39 Å². The van der Waals surface area contributed by atoms with Gasteiger partial charge in [-0.2, -0.15) is 0 Å². The average molecular weight is 475 g/mol. The number of benzene rings is 3. The minimum atomic E-state index is -0.776. The average Bonchev–Trinajstić information content (AvgIpc) is 2.81. The molecule has 0 spiro atoms. The summed E-state index contributed by atoms with van der Waals surface area (Å²) in [6.07, 6.45) is 1.12. The maximum atomic E-state index is 14.6. The van der Waals surface area contributed by atoms with Crippen molar-refractivity contribution in [3.8, 4) is 0 Å². The molecule has 0 aliphatic heterocycles. The summed E-state index contributed by atoms with van der Waals surface area (Å²) >= 11 is 0. The highest BCUT2D eigenvalue weighted by Crippen LogP contribution is 2.19. The molecule has 1 N–H and O–H groups in total. The van der Waals surface area contributed by atoms with Gasteiger partial charge in [0, 0.05) is 30.5 Å². The second-order valence-electron chi connectivity index (χ2n) is 10.0. The molecule has 2 amide bonds. The molecule has 0 aliphatic rings. The molecule has 3 rings (SSSR count). The monoisotopic (exact) mass is 474 g/mol. The summed E-state index contributed by atoms with van der Waals surface area (Å²) in [5.74, 6) is -0.821. The van der Waals surface area contributed by atoms with Gasteiger partial charge in [0.15, 0.2) is 0 Å². The van der Waals surface area contributed by atoms with Gasteiger partial charge in [0.05, 0.1) is 0 Å². The summed E-state index contributed by atoms with van der Waals surface area (Å²) in [6, 6.07) is 23.3. The first kappa shape index (κ1) is 26.1. The second-order valence-corrected chi connectivity index (χ2v) is 10.0. The molecule has 4 nitrogen and oxygen atoms in total. The Morgan fingerprint density at radius 1 is 0.886 bits per heavy atom. The lowest BCUT2D eigenvalue weighted by Crippen LogP contribution is -2.54. The van der Waals surface area contributed by atoms with Gasteiger partial charge in [-0.05, 0) is 51.3 Å². The van der Waals surface area contributed by atoms with Crippen LogP contribution in [-0.2, 0) is 29.0 Å². The van der Waals surface area contributed by atoms with Crippen molar-refractivity contribution in [2.45, 2.75) is 65.1 Å². The van der Waals surface area contributed by atoms with Gasteiger partial charge in [-0.3, -0.25) is 9.59 Å². The fraction of sp³-hybridized carbons (Fsp3) is 0.333. The predicted octanol–water partition coefficient (Wildman–Crippen LogP) is 5.62. The SMILES string of the molecule is Cc1ccc(CCC(=O)N(Cc2ccccc2F)C(Cc2ccccc2)C(=O)NC(C)(C)C)cc1. The van der Waals surface area contributed by atoms with Crippen molar-refractivity contribution in [3.63, 3.8) is 0 Å². The molecular formula is C30H35FN2O2. The summed E-state index contributed by atoms with van der Waals surface area (Å²) in [6.45, 7) is 7.77. The van der Waals surface area contributed by atoms with E-state index in [1.54, 1.807) is 23.1 Å². The Morgan fingerprint density at radius 2 is 1.51 bits per heavy atom. The summed E-state index contributed by atoms with van der Waals surface area (Å²) in [7, 11) is 0. The standard InChI is InChI=1S/C30H35FN2O2/c1-22-14-16-23(17-15-22)18-19-28(34)33(21-25-12-8-9-13-26(25)31)27(29(35)32-30(2,3)4)20-24-10-6-5-7-11-24/h5-17,27H,18-21H2,1-4H3,(H,32,35). The predicted molar refractivity (Wildman–Crippen MR) is 138 cm³/mol. The van der Waals surface area contributed by atoms with Crippen LogP contribution in [0.15, 0.2) is 78.9 Å². The fourth-order valence-corrected chi connectivity index (χ4v) is 3.97. The fourth-order valence-electron chi connectivity index (χ4n) is 3.97. The minimum Gasteiger partial charge on any atom is -0.350 e. The van der Waals surface area contributed by atoms with Crippen molar-refractivity contribution < 1.29 is 14.0 Å². The largest absolute Gasteiger partial charge is 0.350 e. The zero-order valence-corrected chi connectivity index (χ0v) is 21.1. The Kier molecular flexibility index (Phi) is 8.80. The van der Waals surface area contributed by atoms with E-state index in [0.29, 0.717) is 18.4 Å². The molecule has 0 saturated carbocycles. The number of nitrogens with one attached hydrogen (secondary N) is 1. The van der Waals surface area contributed by atoms with Crippen LogP contribution in [0.4, 0.5) is 4.39 Å². The lowest BCUT2D eigenvalue weighted by molar-refractivity contribution is -0.142. The molecule has 0 radical (unpaired) electrons. The Bertz CT molecular complexity index is 1120. The summed E-state index contributed by atoms with van der Waals surface area (Å²) in [5, 5.41) is 3.03. The van der Waals surface area contributed by atoms with E-state index in [9.17, 15) is 14.0 Å². The lowest BCUT2D eigenvalue weighted by Gasteiger charge is -2.34. The molecule has 0 aliphatic carbocycles. The highest BCUT2D eigenvalue weighted by Gasteiger charge is 2.32. The third-order valence-electron chi connectivity index (χ3n) is 5.82. The number of aryl methyl sites for hydroxylation is 2. The quantitative estimate of drug-likeness (QED) is 0.438. The van der Waals surface area contributed by atoms with E-state index in [0.717, 1.165) is 16.7 Å². The molecular weight excluding hydrogens is 439 g/mol. The molecule has 184 valence electrons. The summed E-state index contributed by atoms with van der Waals surface area (Å²) in [4.78, 5) is 28.7. The first-order valence-corrected chi connectivity index (χ1v) is 12.1. The lowest BCUT2D eigenvalue weighted by atomic mass is 9.99. The minimum absolute atomic E-state index is 0.0223. The summed E-state index contributed by atoms with van der Waals surface area (Å²) < 4.78 is 14.6. The van der Waals surface area contributed by atoms with Gasteiger partial charge in [0.1, 0.15) is 11.9 Å². The molecule has 1 atom stereocenters. The zero-order valence-electron chi connectivity index (χ0n) is 21.1. The molecule has 5 heteroatoms. The maximum absolute atomic E-state index is 14.6.